The van der Waals surface area contributed by atoms with Gasteiger partial charge >= 0.3 is 0 Å². The van der Waals surface area contributed by atoms with Crippen LogP contribution in [0.3, 0.4) is 0 Å². The first kappa shape index (κ1) is 11.2. The van der Waals surface area contributed by atoms with Gasteiger partial charge < -0.3 is 10.6 Å². The molecular weight excluding hydrogens is 200 g/mol. The Morgan fingerprint density at radius 1 is 1.19 bits per heavy atom. The fraction of sp³-hybridized carbons (Fsp3) is 0.667. The zero-order valence-electron chi connectivity index (χ0n) is 10.2. The van der Waals surface area contributed by atoms with Gasteiger partial charge in [0.2, 0.25) is 5.95 Å². The lowest BCUT2D eigenvalue weighted by molar-refractivity contribution is 0.567. The van der Waals surface area contributed by atoms with Gasteiger partial charge in [0.1, 0.15) is 5.82 Å². The van der Waals surface area contributed by atoms with E-state index in [1.807, 2.05) is 6.92 Å². The van der Waals surface area contributed by atoms with Gasteiger partial charge in [-0.3, -0.25) is 0 Å². The van der Waals surface area contributed by atoms with Crippen molar-refractivity contribution in [2.75, 3.05) is 23.7 Å². The number of nitrogens with two attached hydrogens (primary N) is 1. The van der Waals surface area contributed by atoms with Crippen LogP contribution in [0.1, 0.15) is 37.4 Å². The number of nitrogen functional groups attached to an aromatic ring is 1. The Kier molecular flexibility index (Phi) is 3.27. The summed E-state index contributed by atoms with van der Waals surface area (Å²) in [6, 6.07) is 0. The van der Waals surface area contributed by atoms with Crippen LogP contribution in [-0.2, 0) is 6.42 Å². The molecule has 16 heavy (non-hydrogen) atoms. The normalized spacial score (nSPS) is 16.5. The van der Waals surface area contributed by atoms with Crippen molar-refractivity contribution < 1.29 is 0 Å². The van der Waals surface area contributed by atoms with E-state index in [4.69, 9.17) is 5.73 Å². The van der Waals surface area contributed by atoms with E-state index in [1.54, 1.807) is 0 Å². The van der Waals surface area contributed by atoms with E-state index < -0.39 is 0 Å². The fourth-order valence-electron chi connectivity index (χ4n) is 2.15. The predicted octanol–water partition coefficient (Wildman–Crippen LogP) is 1.92. The lowest BCUT2D eigenvalue weighted by Gasteiger charge is -2.27. The minimum atomic E-state index is 0.632. The van der Waals surface area contributed by atoms with Crippen molar-refractivity contribution in [2.45, 2.75) is 39.5 Å². The Balaban J connectivity index is 2.29. The van der Waals surface area contributed by atoms with E-state index in [0.717, 1.165) is 36.7 Å². The van der Waals surface area contributed by atoms with Crippen LogP contribution in [0.15, 0.2) is 0 Å². The first-order valence-corrected chi connectivity index (χ1v) is 6.10. The highest BCUT2D eigenvalue weighted by Crippen LogP contribution is 2.20. The summed E-state index contributed by atoms with van der Waals surface area (Å²) < 4.78 is 0. The molecule has 4 nitrogen and oxygen atoms in total. The van der Waals surface area contributed by atoms with Crippen LogP contribution in [0.5, 0.6) is 0 Å². The summed E-state index contributed by atoms with van der Waals surface area (Å²) in [6.45, 7) is 6.22. The molecule has 0 bridgehead atoms. The van der Waals surface area contributed by atoms with E-state index in [0.29, 0.717) is 5.82 Å². The predicted molar refractivity (Wildman–Crippen MR) is 66.6 cm³/mol. The highest BCUT2D eigenvalue weighted by Gasteiger charge is 2.15. The van der Waals surface area contributed by atoms with Gasteiger partial charge in [-0.15, -0.1) is 0 Å². The molecule has 0 saturated carbocycles. The third-order valence-corrected chi connectivity index (χ3v) is 3.25. The maximum absolute atomic E-state index is 5.93. The minimum Gasteiger partial charge on any atom is -0.383 e. The number of hydrogen-bond acceptors (Lipinski definition) is 4. The Hall–Kier alpha value is -1.32. The fourth-order valence-corrected chi connectivity index (χ4v) is 2.15. The molecule has 0 atom stereocenters. The first-order chi connectivity index (χ1) is 7.72. The van der Waals surface area contributed by atoms with Crippen molar-refractivity contribution in [2.24, 2.45) is 0 Å². The Morgan fingerprint density at radius 2 is 1.88 bits per heavy atom. The summed E-state index contributed by atoms with van der Waals surface area (Å²) in [4.78, 5) is 11.3. The maximum Gasteiger partial charge on any atom is 0.227 e. The van der Waals surface area contributed by atoms with Gasteiger partial charge in [-0.05, 0) is 32.6 Å². The molecular formula is C12H20N4. The third kappa shape index (κ3) is 2.10. The first-order valence-electron chi connectivity index (χ1n) is 6.10. The van der Waals surface area contributed by atoms with Crippen molar-refractivity contribution in [3.05, 3.63) is 11.3 Å². The van der Waals surface area contributed by atoms with E-state index in [-0.39, 0.29) is 0 Å². The molecule has 0 amide bonds. The number of nitrogens with zero attached hydrogens (tertiary/aromatic N) is 3. The zero-order valence-corrected chi connectivity index (χ0v) is 10.2. The smallest absolute Gasteiger partial charge is 0.227 e. The molecule has 0 aliphatic carbocycles. The number of piperidine rings is 1. The van der Waals surface area contributed by atoms with E-state index in [9.17, 15) is 0 Å². The molecule has 2 N–H and O–H groups in total. The second kappa shape index (κ2) is 4.68. The van der Waals surface area contributed by atoms with E-state index in [2.05, 4.69) is 21.8 Å². The summed E-state index contributed by atoms with van der Waals surface area (Å²) >= 11 is 0. The number of aryl methyl sites for hydroxylation is 1. The van der Waals surface area contributed by atoms with Crippen molar-refractivity contribution >= 4 is 11.8 Å². The average Bonchev–Trinajstić information content (AvgIpc) is 2.33. The molecule has 1 fully saturated rings. The maximum atomic E-state index is 5.93. The van der Waals surface area contributed by atoms with Gasteiger partial charge in [0.05, 0.1) is 5.69 Å². The molecule has 0 radical (unpaired) electrons. The average molecular weight is 220 g/mol. The van der Waals surface area contributed by atoms with Crippen LogP contribution < -0.4 is 10.6 Å². The summed E-state index contributed by atoms with van der Waals surface area (Å²) in [6.07, 6.45) is 4.70. The molecule has 1 aromatic rings. The van der Waals surface area contributed by atoms with Gasteiger partial charge in [-0.2, -0.15) is 4.98 Å². The Morgan fingerprint density at radius 3 is 2.50 bits per heavy atom. The van der Waals surface area contributed by atoms with Crippen LogP contribution in [0.2, 0.25) is 0 Å². The summed E-state index contributed by atoms with van der Waals surface area (Å²) in [5.74, 6) is 1.45. The highest BCUT2D eigenvalue weighted by atomic mass is 15.3. The van der Waals surface area contributed by atoms with Crippen LogP contribution >= 0.6 is 0 Å². The monoisotopic (exact) mass is 220 g/mol. The van der Waals surface area contributed by atoms with Crippen LogP contribution in [0.25, 0.3) is 0 Å². The minimum absolute atomic E-state index is 0.632. The van der Waals surface area contributed by atoms with Gasteiger partial charge in [0, 0.05) is 18.7 Å². The number of anilines is 2. The van der Waals surface area contributed by atoms with Crippen molar-refractivity contribution in [1.82, 2.24) is 9.97 Å². The lowest BCUT2D eigenvalue weighted by Crippen LogP contribution is -2.31. The molecule has 1 saturated heterocycles. The molecule has 0 unspecified atom stereocenters. The topological polar surface area (TPSA) is 55.0 Å². The van der Waals surface area contributed by atoms with Crippen LogP contribution in [-0.4, -0.2) is 23.1 Å². The molecule has 1 aromatic heterocycles. The summed E-state index contributed by atoms with van der Waals surface area (Å²) in [7, 11) is 0. The summed E-state index contributed by atoms with van der Waals surface area (Å²) in [5, 5.41) is 0. The van der Waals surface area contributed by atoms with Gasteiger partial charge in [-0.1, -0.05) is 6.92 Å². The molecule has 0 aromatic carbocycles. The van der Waals surface area contributed by atoms with Crippen molar-refractivity contribution in [3.8, 4) is 0 Å². The zero-order chi connectivity index (χ0) is 11.5. The van der Waals surface area contributed by atoms with Crippen molar-refractivity contribution in [1.29, 1.82) is 0 Å². The second-order valence-electron chi connectivity index (χ2n) is 4.38. The third-order valence-electron chi connectivity index (χ3n) is 3.25. The summed E-state index contributed by atoms with van der Waals surface area (Å²) in [5.41, 5.74) is 8.03. The molecule has 1 aliphatic rings. The largest absolute Gasteiger partial charge is 0.383 e. The molecule has 4 heteroatoms. The van der Waals surface area contributed by atoms with E-state index in [1.165, 1.54) is 19.3 Å². The second-order valence-corrected chi connectivity index (χ2v) is 4.38. The molecule has 1 aliphatic heterocycles. The molecule has 0 spiro atoms. The van der Waals surface area contributed by atoms with Gasteiger partial charge in [0.15, 0.2) is 0 Å². The van der Waals surface area contributed by atoms with Gasteiger partial charge in [0.25, 0.3) is 0 Å². The Labute approximate surface area is 96.9 Å². The number of rotatable bonds is 2. The number of aromatic nitrogens is 2. The quantitative estimate of drug-likeness (QED) is 0.827. The molecule has 88 valence electrons. The standard InChI is InChI=1S/C12H20N4/c1-3-10-9(2)11(13)15-12(14-10)16-7-5-4-6-8-16/h3-8H2,1-2H3,(H2,13,14,15). The van der Waals surface area contributed by atoms with E-state index >= 15 is 0 Å². The lowest BCUT2D eigenvalue weighted by atomic mass is 10.1. The SMILES string of the molecule is CCc1nc(N2CCCCC2)nc(N)c1C. The Bertz CT molecular complexity index is 370. The number of hydrogen-bond donors (Lipinski definition) is 1. The highest BCUT2D eigenvalue weighted by molar-refractivity contribution is 5.47. The van der Waals surface area contributed by atoms with Crippen LogP contribution in [0, 0.1) is 6.92 Å². The molecule has 2 heterocycles. The van der Waals surface area contributed by atoms with Crippen molar-refractivity contribution in [3.63, 3.8) is 0 Å². The van der Waals surface area contributed by atoms with Gasteiger partial charge in [-0.25, -0.2) is 4.98 Å². The van der Waals surface area contributed by atoms with Crippen LogP contribution in [0.4, 0.5) is 11.8 Å². The molecule has 2 rings (SSSR count).